The van der Waals surface area contributed by atoms with Crippen molar-refractivity contribution in [3.8, 4) is 6.07 Å². The maximum absolute atomic E-state index is 12.1. The molecule has 0 aliphatic carbocycles. The van der Waals surface area contributed by atoms with E-state index in [0.29, 0.717) is 10.7 Å². The molecular weight excluding hydrogens is 362 g/mol. The number of carbonyl (C=O) groups is 1. The molecule has 0 aliphatic rings. The van der Waals surface area contributed by atoms with Crippen LogP contribution in [0.4, 0.5) is 11.4 Å². The molecular formula is C17H16ClN3O3S. The zero-order valence-electron chi connectivity index (χ0n) is 13.4. The number of benzene rings is 2. The van der Waals surface area contributed by atoms with Gasteiger partial charge in [0.05, 0.1) is 17.5 Å². The first-order valence-electron chi connectivity index (χ1n) is 7.33. The first kappa shape index (κ1) is 18.8. The van der Waals surface area contributed by atoms with Crippen molar-refractivity contribution in [2.75, 3.05) is 22.4 Å². The lowest BCUT2D eigenvalue weighted by molar-refractivity contribution is -0.116. The van der Waals surface area contributed by atoms with Gasteiger partial charge in [-0.2, -0.15) is 5.26 Å². The van der Waals surface area contributed by atoms with Crippen LogP contribution in [-0.2, 0) is 14.8 Å². The van der Waals surface area contributed by atoms with Crippen molar-refractivity contribution in [2.45, 2.75) is 6.42 Å². The fourth-order valence-corrected chi connectivity index (χ4v) is 3.28. The van der Waals surface area contributed by atoms with Crippen molar-refractivity contribution in [1.29, 1.82) is 5.26 Å². The van der Waals surface area contributed by atoms with Crippen LogP contribution in [-0.4, -0.2) is 27.1 Å². The summed E-state index contributed by atoms with van der Waals surface area (Å²) in [6, 6.07) is 14.9. The second kappa shape index (κ2) is 8.01. The van der Waals surface area contributed by atoms with Crippen LogP contribution in [0.1, 0.15) is 12.0 Å². The van der Waals surface area contributed by atoms with Crippen LogP contribution < -0.4 is 9.62 Å². The highest BCUT2D eigenvalue weighted by molar-refractivity contribution is 7.92. The van der Waals surface area contributed by atoms with E-state index in [0.717, 1.165) is 10.6 Å². The fraction of sp³-hybridized carbons (Fsp3) is 0.176. The number of anilines is 2. The number of halogens is 1. The minimum atomic E-state index is -3.64. The number of hydrogen-bond donors (Lipinski definition) is 1. The van der Waals surface area contributed by atoms with E-state index in [-0.39, 0.29) is 30.1 Å². The Hall–Kier alpha value is -2.56. The molecule has 0 saturated heterocycles. The Balaban J connectivity index is 2.12. The highest BCUT2D eigenvalue weighted by Crippen LogP contribution is 2.22. The summed E-state index contributed by atoms with van der Waals surface area (Å²) in [4.78, 5) is 12.1. The highest BCUT2D eigenvalue weighted by atomic mass is 35.5. The van der Waals surface area contributed by atoms with Gasteiger partial charge in [-0.1, -0.05) is 23.7 Å². The van der Waals surface area contributed by atoms with Gasteiger partial charge in [-0.05, 0) is 36.4 Å². The van der Waals surface area contributed by atoms with E-state index in [2.05, 4.69) is 5.32 Å². The molecule has 6 nitrogen and oxygen atoms in total. The molecule has 0 aliphatic heterocycles. The summed E-state index contributed by atoms with van der Waals surface area (Å²) in [6.07, 6.45) is 0.980. The largest absolute Gasteiger partial charge is 0.326 e. The zero-order valence-corrected chi connectivity index (χ0v) is 15.0. The summed E-state index contributed by atoms with van der Waals surface area (Å²) in [5.74, 6) is -0.342. The monoisotopic (exact) mass is 377 g/mol. The molecule has 0 atom stereocenters. The Morgan fingerprint density at radius 3 is 2.44 bits per heavy atom. The summed E-state index contributed by atoms with van der Waals surface area (Å²) in [5, 5.41) is 12.4. The van der Waals surface area contributed by atoms with E-state index in [9.17, 15) is 13.2 Å². The predicted molar refractivity (Wildman–Crippen MR) is 98.0 cm³/mol. The average Bonchev–Trinajstić information content (AvgIpc) is 2.56. The van der Waals surface area contributed by atoms with Gasteiger partial charge in [-0.25, -0.2) is 8.42 Å². The minimum Gasteiger partial charge on any atom is -0.326 e. The summed E-state index contributed by atoms with van der Waals surface area (Å²) in [7, 11) is -3.64. The van der Waals surface area contributed by atoms with Crippen LogP contribution in [0.5, 0.6) is 0 Å². The lowest BCUT2D eigenvalue weighted by Crippen LogP contribution is -2.33. The molecule has 0 bridgehead atoms. The van der Waals surface area contributed by atoms with Crippen LogP contribution in [0.2, 0.25) is 5.02 Å². The smallest absolute Gasteiger partial charge is 0.232 e. The average molecular weight is 378 g/mol. The molecule has 1 amide bonds. The topological polar surface area (TPSA) is 90.3 Å². The molecule has 2 rings (SSSR count). The van der Waals surface area contributed by atoms with Crippen molar-refractivity contribution in [1.82, 2.24) is 0 Å². The lowest BCUT2D eigenvalue weighted by Gasteiger charge is -2.23. The first-order chi connectivity index (χ1) is 11.8. The second-order valence-electron chi connectivity index (χ2n) is 5.27. The Labute approximate surface area is 151 Å². The summed E-state index contributed by atoms with van der Waals surface area (Å²) < 4.78 is 25.2. The summed E-state index contributed by atoms with van der Waals surface area (Å²) >= 11 is 5.79. The van der Waals surface area contributed by atoms with Crippen molar-refractivity contribution in [3.63, 3.8) is 0 Å². The molecule has 8 heteroatoms. The van der Waals surface area contributed by atoms with Gasteiger partial charge in [0.25, 0.3) is 0 Å². The van der Waals surface area contributed by atoms with E-state index in [1.165, 1.54) is 12.1 Å². The quantitative estimate of drug-likeness (QED) is 0.837. The van der Waals surface area contributed by atoms with Crippen LogP contribution in [0.3, 0.4) is 0 Å². The van der Waals surface area contributed by atoms with Crippen molar-refractivity contribution >= 4 is 38.9 Å². The number of nitriles is 1. The molecule has 0 aromatic heterocycles. The van der Waals surface area contributed by atoms with Gasteiger partial charge in [-0.15, -0.1) is 0 Å². The molecule has 0 unspecified atom stereocenters. The third-order valence-corrected chi connectivity index (χ3v) is 4.80. The van der Waals surface area contributed by atoms with Crippen molar-refractivity contribution in [3.05, 3.63) is 59.1 Å². The van der Waals surface area contributed by atoms with Gasteiger partial charge in [0, 0.05) is 23.7 Å². The number of nitrogens with zero attached hydrogens (tertiary/aromatic N) is 2. The Kier molecular flexibility index (Phi) is 6.02. The number of sulfonamides is 1. The zero-order chi connectivity index (χ0) is 18.4. The van der Waals surface area contributed by atoms with Gasteiger partial charge in [-0.3, -0.25) is 9.10 Å². The number of hydrogen-bond acceptors (Lipinski definition) is 4. The van der Waals surface area contributed by atoms with Crippen LogP contribution in [0, 0.1) is 11.3 Å². The molecule has 0 heterocycles. The molecule has 130 valence electrons. The fourth-order valence-electron chi connectivity index (χ4n) is 2.21. The van der Waals surface area contributed by atoms with Crippen LogP contribution in [0.25, 0.3) is 0 Å². The Morgan fingerprint density at radius 1 is 1.20 bits per heavy atom. The van der Waals surface area contributed by atoms with E-state index in [1.807, 2.05) is 6.07 Å². The minimum absolute atomic E-state index is 0.0601. The lowest BCUT2D eigenvalue weighted by atomic mass is 10.2. The van der Waals surface area contributed by atoms with Crippen LogP contribution in [0.15, 0.2) is 48.5 Å². The third-order valence-electron chi connectivity index (χ3n) is 3.36. The van der Waals surface area contributed by atoms with Crippen molar-refractivity contribution < 1.29 is 13.2 Å². The first-order valence-corrected chi connectivity index (χ1v) is 9.56. The summed E-state index contributed by atoms with van der Waals surface area (Å²) in [6.45, 7) is -0.0725. The Morgan fingerprint density at radius 2 is 1.84 bits per heavy atom. The second-order valence-corrected chi connectivity index (χ2v) is 7.61. The van der Waals surface area contributed by atoms with E-state index in [1.54, 1.807) is 36.4 Å². The standard InChI is InChI=1S/C17H16ClN3O3S/c1-25(23,24)21(16-5-3-2-4-13(16)12-19)11-10-17(22)20-15-8-6-14(18)7-9-15/h2-9H,10-11H2,1H3,(H,20,22). The number of carbonyl (C=O) groups excluding carboxylic acids is 1. The number of nitrogens with one attached hydrogen (secondary N) is 1. The third kappa shape index (κ3) is 5.21. The number of amides is 1. The molecule has 0 radical (unpaired) electrons. The molecule has 2 aromatic rings. The van der Waals surface area contributed by atoms with Gasteiger partial charge in [0.2, 0.25) is 15.9 Å². The molecule has 25 heavy (non-hydrogen) atoms. The maximum atomic E-state index is 12.1. The molecule has 0 fully saturated rings. The van der Waals surface area contributed by atoms with Gasteiger partial charge < -0.3 is 5.32 Å². The van der Waals surface area contributed by atoms with E-state index >= 15 is 0 Å². The normalized spacial score (nSPS) is 10.8. The van der Waals surface area contributed by atoms with Crippen LogP contribution >= 0.6 is 11.6 Å². The van der Waals surface area contributed by atoms with E-state index < -0.39 is 10.0 Å². The van der Waals surface area contributed by atoms with Gasteiger partial charge in [0.1, 0.15) is 6.07 Å². The highest BCUT2D eigenvalue weighted by Gasteiger charge is 2.21. The molecule has 0 saturated carbocycles. The molecule has 2 aromatic carbocycles. The maximum Gasteiger partial charge on any atom is 0.232 e. The Bertz CT molecular complexity index is 905. The van der Waals surface area contributed by atoms with Gasteiger partial charge >= 0.3 is 0 Å². The molecule has 1 N–H and O–H groups in total. The predicted octanol–water partition coefficient (Wildman–Crippen LogP) is 3.01. The number of para-hydroxylation sites is 1. The van der Waals surface area contributed by atoms with E-state index in [4.69, 9.17) is 16.9 Å². The number of rotatable bonds is 6. The summed E-state index contributed by atoms with van der Waals surface area (Å²) in [5.41, 5.74) is 1.05. The van der Waals surface area contributed by atoms with Crippen molar-refractivity contribution in [2.24, 2.45) is 0 Å². The SMILES string of the molecule is CS(=O)(=O)N(CCC(=O)Nc1ccc(Cl)cc1)c1ccccc1C#N. The molecule has 0 spiro atoms. The van der Waals surface area contributed by atoms with Gasteiger partial charge in [0.15, 0.2) is 0 Å².